The number of hydrogen-bond donors (Lipinski definition) is 1. The summed E-state index contributed by atoms with van der Waals surface area (Å²) in [6.45, 7) is 1.83. The zero-order valence-electron chi connectivity index (χ0n) is 9.77. The Hall–Kier alpha value is -2.54. The van der Waals surface area contributed by atoms with Crippen molar-refractivity contribution < 1.29 is 9.13 Å². The summed E-state index contributed by atoms with van der Waals surface area (Å²) < 4.78 is 19.1. The lowest BCUT2D eigenvalue weighted by Crippen LogP contribution is -1.93. The molecule has 0 aliphatic carbocycles. The van der Waals surface area contributed by atoms with E-state index in [2.05, 4.69) is 0 Å². The van der Waals surface area contributed by atoms with Crippen LogP contribution in [0.5, 0.6) is 11.5 Å². The van der Waals surface area contributed by atoms with E-state index in [1.807, 2.05) is 13.0 Å². The van der Waals surface area contributed by atoms with Gasteiger partial charge in [-0.05, 0) is 48.9 Å². The van der Waals surface area contributed by atoms with Crippen molar-refractivity contribution in [3.8, 4) is 17.6 Å². The van der Waals surface area contributed by atoms with E-state index in [4.69, 9.17) is 15.7 Å². The maximum atomic E-state index is 13.6. The van der Waals surface area contributed by atoms with E-state index in [9.17, 15) is 4.39 Å². The Labute approximate surface area is 104 Å². The van der Waals surface area contributed by atoms with Crippen LogP contribution in [0.1, 0.15) is 11.1 Å². The minimum Gasteiger partial charge on any atom is -0.454 e. The Kier molecular flexibility index (Phi) is 3.16. The van der Waals surface area contributed by atoms with Crippen molar-refractivity contribution in [2.24, 2.45) is 0 Å². The van der Waals surface area contributed by atoms with E-state index in [1.54, 1.807) is 18.2 Å². The number of ether oxygens (including phenoxy) is 1. The van der Waals surface area contributed by atoms with Gasteiger partial charge in [-0.3, -0.25) is 0 Å². The Balaban J connectivity index is 2.32. The number of benzene rings is 2. The molecule has 90 valence electrons. The van der Waals surface area contributed by atoms with Gasteiger partial charge in [0.25, 0.3) is 0 Å². The van der Waals surface area contributed by atoms with Gasteiger partial charge in [0.05, 0.1) is 11.6 Å². The highest BCUT2D eigenvalue weighted by Gasteiger charge is 2.07. The first-order chi connectivity index (χ1) is 8.60. The third-order valence-electron chi connectivity index (χ3n) is 2.48. The zero-order chi connectivity index (χ0) is 13.1. The monoisotopic (exact) mass is 242 g/mol. The molecule has 18 heavy (non-hydrogen) atoms. The SMILES string of the molecule is Cc1cc(N)ccc1Oc1ccc(C#N)cc1F. The molecule has 0 aliphatic heterocycles. The van der Waals surface area contributed by atoms with Crippen molar-refractivity contribution in [1.82, 2.24) is 0 Å². The largest absolute Gasteiger partial charge is 0.454 e. The second kappa shape index (κ2) is 4.76. The maximum absolute atomic E-state index is 13.6. The molecule has 0 aromatic heterocycles. The molecule has 2 aromatic carbocycles. The van der Waals surface area contributed by atoms with Gasteiger partial charge in [-0.2, -0.15) is 5.26 Å². The van der Waals surface area contributed by atoms with Crippen LogP contribution in [0, 0.1) is 24.1 Å². The molecule has 2 rings (SSSR count). The van der Waals surface area contributed by atoms with Crippen LogP contribution in [0.4, 0.5) is 10.1 Å². The fourth-order valence-corrected chi connectivity index (χ4v) is 1.56. The van der Waals surface area contributed by atoms with Crippen LogP contribution in [0.15, 0.2) is 36.4 Å². The third-order valence-corrected chi connectivity index (χ3v) is 2.48. The Bertz CT molecular complexity index is 632. The number of anilines is 1. The number of rotatable bonds is 2. The van der Waals surface area contributed by atoms with Crippen molar-refractivity contribution in [1.29, 1.82) is 5.26 Å². The number of nitriles is 1. The molecule has 0 spiro atoms. The fourth-order valence-electron chi connectivity index (χ4n) is 1.56. The van der Waals surface area contributed by atoms with E-state index in [0.29, 0.717) is 11.4 Å². The van der Waals surface area contributed by atoms with Crippen molar-refractivity contribution >= 4 is 5.69 Å². The summed E-state index contributed by atoms with van der Waals surface area (Å²) >= 11 is 0. The molecular formula is C14H11FN2O. The summed E-state index contributed by atoms with van der Waals surface area (Å²) in [7, 11) is 0. The van der Waals surface area contributed by atoms with Crippen LogP contribution in [-0.2, 0) is 0 Å². The molecule has 0 saturated heterocycles. The van der Waals surface area contributed by atoms with E-state index >= 15 is 0 Å². The first kappa shape index (κ1) is 11.9. The molecule has 2 aromatic rings. The molecule has 0 unspecified atom stereocenters. The number of nitrogens with two attached hydrogens (primary N) is 1. The Morgan fingerprint density at radius 3 is 2.50 bits per heavy atom. The predicted molar refractivity (Wildman–Crippen MR) is 66.8 cm³/mol. The van der Waals surface area contributed by atoms with Crippen molar-refractivity contribution in [2.75, 3.05) is 5.73 Å². The third kappa shape index (κ3) is 2.41. The second-order valence-corrected chi connectivity index (χ2v) is 3.88. The number of halogens is 1. The number of nitrogens with zero attached hydrogens (tertiary/aromatic N) is 1. The van der Waals surface area contributed by atoms with Gasteiger partial charge in [0, 0.05) is 5.69 Å². The highest BCUT2D eigenvalue weighted by molar-refractivity contribution is 5.49. The van der Waals surface area contributed by atoms with Crippen LogP contribution in [0.3, 0.4) is 0 Å². The molecule has 0 radical (unpaired) electrons. The smallest absolute Gasteiger partial charge is 0.167 e. The van der Waals surface area contributed by atoms with Gasteiger partial charge in [0.2, 0.25) is 0 Å². The lowest BCUT2D eigenvalue weighted by molar-refractivity contribution is 0.439. The summed E-state index contributed by atoms with van der Waals surface area (Å²) in [6, 6.07) is 11.1. The van der Waals surface area contributed by atoms with Gasteiger partial charge in [0.1, 0.15) is 5.75 Å². The molecule has 0 amide bonds. The summed E-state index contributed by atoms with van der Waals surface area (Å²) in [5.74, 6) is 0.0555. The molecule has 0 bridgehead atoms. The lowest BCUT2D eigenvalue weighted by Gasteiger charge is -2.10. The molecular weight excluding hydrogens is 231 g/mol. The van der Waals surface area contributed by atoms with Crippen LogP contribution in [0.25, 0.3) is 0 Å². The molecule has 0 aliphatic rings. The number of aryl methyl sites for hydroxylation is 1. The second-order valence-electron chi connectivity index (χ2n) is 3.88. The summed E-state index contributed by atoms with van der Waals surface area (Å²) in [5, 5.41) is 8.65. The Morgan fingerprint density at radius 1 is 1.17 bits per heavy atom. The Morgan fingerprint density at radius 2 is 1.89 bits per heavy atom. The lowest BCUT2D eigenvalue weighted by atomic mass is 10.2. The standard InChI is InChI=1S/C14H11FN2O/c1-9-6-11(17)3-5-13(9)18-14-4-2-10(8-16)7-12(14)15/h2-7H,17H2,1H3. The van der Waals surface area contributed by atoms with E-state index in [0.717, 1.165) is 11.6 Å². The van der Waals surface area contributed by atoms with E-state index < -0.39 is 5.82 Å². The highest BCUT2D eigenvalue weighted by atomic mass is 19.1. The van der Waals surface area contributed by atoms with Crippen LogP contribution < -0.4 is 10.5 Å². The van der Waals surface area contributed by atoms with Crippen molar-refractivity contribution in [3.63, 3.8) is 0 Å². The zero-order valence-corrected chi connectivity index (χ0v) is 9.77. The fraction of sp³-hybridized carbons (Fsp3) is 0.0714. The van der Waals surface area contributed by atoms with E-state index in [-0.39, 0.29) is 11.3 Å². The maximum Gasteiger partial charge on any atom is 0.167 e. The topological polar surface area (TPSA) is 59.0 Å². The molecule has 0 saturated carbocycles. The van der Waals surface area contributed by atoms with Gasteiger partial charge < -0.3 is 10.5 Å². The summed E-state index contributed by atoms with van der Waals surface area (Å²) in [6.07, 6.45) is 0. The van der Waals surface area contributed by atoms with Gasteiger partial charge in [-0.25, -0.2) is 4.39 Å². The summed E-state index contributed by atoms with van der Waals surface area (Å²) in [5.41, 5.74) is 7.32. The molecule has 2 N–H and O–H groups in total. The van der Waals surface area contributed by atoms with Crippen LogP contribution >= 0.6 is 0 Å². The molecule has 0 fully saturated rings. The molecule has 0 heterocycles. The quantitative estimate of drug-likeness (QED) is 0.821. The molecule has 3 nitrogen and oxygen atoms in total. The van der Waals surface area contributed by atoms with Gasteiger partial charge in [0.15, 0.2) is 11.6 Å². The van der Waals surface area contributed by atoms with Crippen LogP contribution in [-0.4, -0.2) is 0 Å². The minimum absolute atomic E-state index is 0.0851. The highest BCUT2D eigenvalue weighted by Crippen LogP contribution is 2.28. The number of hydrogen-bond acceptors (Lipinski definition) is 3. The van der Waals surface area contributed by atoms with Crippen molar-refractivity contribution in [3.05, 3.63) is 53.3 Å². The average molecular weight is 242 g/mol. The molecule has 0 atom stereocenters. The first-order valence-electron chi connectivity index (χ1n) is 5.34. The van der Waals surface area contributed by atoms with Gasteiger partial charge in [-0.15, -0.1) is 0 Å². The minimum atomic E-state index is -0.565. The predicted octanol–water partition coefficient (Wildman–Crippen LogP) is 3.38. The van der Waals surface area contributed by atoms with Crippen molar-refractivity contribution in [2.45, 2.75) is 6.92 Å². The normalized spacial score (nSPS) is 9.83. The van der Waals surface area contributed by atoms with E-state index in [1.165, 1.54) is 12.1 Å². The average Bonchev–Trinajstić information content (AvgIpc) is 2.34. The number of nitrogen functional groups attached to an aromatic ring is 1. The summed E-state index contributed by atoms with van der Waals surface area (Å²) in [4.78, 5) is 0. The first-order valence-corrected chi connectivity index (χ1v) is 5.34. The molecule has 4 heteroatoms. The van der Waals surface area contributed by atoms with Gasteiger partial charge >= 0.3 is 0 Å². The van der Waals surface area contributed by atoms with Crippen LogP contribution in [0.2, 0.25) is 0 Å². The van der Waals surface area contributed by atoms with Gasteiger partial charge in [-0.1, -0.05) is 0 Å².